The summed E-state index contributed by atoms with van der Waals surface area (Å²) in [6.45, 7) is 5.85. The second-order valence-corrected chi connectivity index (χ2v) is 7.71. The van der Waals surface area contributed by atoms with Crippen LogP contribution in [0.5, 0.6) is 0 Å². The highest BCUT2D eigenvalue weighted by Gasteiger charge is 2.25. The molecular formula is C20H27ClN10. The van der Waals surface area contributed by atoms with Gasteiger partial charge in [0.15, 0.2) is 11.6 Å². The number of guanidine groups is 1. The molecule has 1 fully saturated rings. The molecule has 1 unspecified atom stereocenters. The van der Waals surface area contributed by atoms with Crippen molar-refractivity contribution in [3.05, 3.63) is 35.9 Å². The van der Waals surface area contributed by atoms with Crippen molar-refractivity contribution in [2.24, 2.45) is 12.0 Å². The van der Waals surface area contributed by atoms with Gasteiger partial charge in [-0.3, -0.25) is 9.67 Å². The molecule has 4 rings (SSSR count). The predicted molar refractivity (Wildman–Crippen MR) is 124 cm³/mol. The van der Waals surface area contributed by atoms with Crippen molar-refractivity contribution in [2.45, 2.75) is 19.4 Å². The average molecular weight is 443 g/mol. The van der Waals surface area contributed by atoms with E-state index in [9.17, 15) is 0 Å². The lowest BCUT2D eigenvalue weighted by molar-refractivity contribution is 0.649. The zero-order valence-corrected chi connectivity index (χ0v) is 18.5. The summed E-state index contributed by atoms with van der Waals surface area (Å²) in [6.07, 6.45) is 6.08. The first-order valence-corrected chi connectivity index (χ1v) is 10.8. The summed E-state index contributed by atoms with van der Waals surface area (Å²) in [5.41, 5.74) is 0.801. The van der Waals surface area contributed by atoms with Crippen LogP contribution in [0.25, 0.3) is 11.0 Å². The van der Waals surface area contributed by atoms with E-state index in [2.05, 4.69) is 47.8 Å². The van der Waals surface area contributed by atoms with Crippen LogP contribution in [0.15, 0.2) is 35.8 Å². The van der Waals surface area contributed by atoms with Gasteiger partial charge in [-0.15, -0.1) is 0 Å². The molecule has 0 aromatic carbocycles. The van der Waals surface area contributed by atoms with Gasteiger partial charge in [0, 0.05) is 45.5 Å². The molecule has 1 aliphatic rings. The molecule has 31 heavy (non-hydrogen) atoms. The van der Waals surface area contributed by atoms with Gasteiger partial charge in [-0.1, -0.05) is 11.6 Å². The molecule has 3 aromatic rings. The van der Waals surface area contributed by atoms with E-state index in [1.54, 1.807) is 23.4 Å². The number of nitrogens with one attached hydrogen (secondary N) is 3. The fourth-order valence-electron chi connectivity index (χ4n) is 3.64. The van der Waals surface area contributed by atoms with E-state index in [1.165, 1.54) is 0 Å². The number of hydrogen-bond acceptors (Lipinski definition) is 7. The van der Waals surface area contributed by atoms with E-state index in [-0.39, 0.29) is 6.04 Å². The molecule has 0 bridgehead atoms. The Morgan fingerprint density at radius 2 is 2.23 bits per heavy atom. The Kier molecular flexibility index (Phi) is 6.66. The minimum Gasteiger partial charge on any atom is -0.367 e. The molecule has 10 nitrogen and oxygen atoms in total. The van der Waals surface area contributed by atoms with Crippen LogP contribution in [0.1, 0.15) is 13.3 Å². The Balaban J connectivity index is 1.32. The number of halogens is 1. The minimum atomic E-state index is 0.278. The molecule has 1 aliphatic heterocycles. The highest BCUT2D eigenvalue weighted by Crippen LogP contribution is 2.25. The third-order valence-corrected chi connectivity index (χ3v) is 5.41. The van der Waals surface area contributed by atoms with Crippen LogP contribution in [0.2, 0.25) is 5.02 Å². The van der Waals surface area contributed by atoms with Gasteiger partial charge in [-0.25, -0.2) is 15.0 Å². The van der Waals surface area contributed by atoms with Crippen LogP contribution in [-0.4, -0.2) is 69.5 Å². The first-order chi connectivity index (χ1) is 15.2. The summed E-state index contributed by atoms with van der Waals surface area (Å²) in [5.74, 6) is 2.41. The fraction of sp³-hybridized carbons (Fsp3) is 0.450. The molecule has 1 saturated heterocycles. The standard InChI is InChI=1S/C20H27ClN10/c1-3-22-20(29-14-6-10-31(12-14)19-16(21)5-4-7-24-19)25-9-8-23-17-15-11-28-30(2)18(15)27-13-26-17/h4-5,7,11,13-14H,3,6,8-10,12H2,1-2H3,(H2,22,25,29)(H,23,26,27). The highest BCUT2D eigenvalue weighted by atomic mass is 35.5. The topological polar surface area (TPSA) is 108 Å². The summed E-state index contributed by atoms with van der Waals surface area (Å²) in [7, 11) is 1.86. The Hall–Kier alpha value is -3.14. The Labute approximate surface area is 186 Å². The molecule has 0 saturated carbocycles. The number of anilines is 2. The van der Waals surface area contributed by atoms with E-state index in [4.69, 9.17) is 16.6 Å². The Morgan fingerprint density at radius 1 is 1.32 bits per heavy atom. The van der Waals surface area contributed by atoms with Gasteiger partial charge < -0.3 is 20.9 Å². The number of rotatable bonds is 7. The lowest BCUT2D eigenvalue weighted by Crippen LogP contribution is -2.45. The number of aliphatic imine (C=N–C) groups is 1. The molecule has 4 heterocycles. The number of fused-ring (bicyclic) bond motifs is 1. The van der Waals surface area contributed by atoms with Crippen LogP contribution in [0.4, 0.5) is 11.6 Å². The number of aromatic nitrogens is 5. The van der Waals surface area contributed by atoms with Gasteiger partial charge in [0.05, 0.1) is 23.2 Å². The van der Waals surface area contributed by atoms with Gasteiger partial charge in [0.1, 0.15) is 18.0 Å². The summed E-state index contributed by atoms with van der Waals surface area (Å²) < 4.78 is 1.73. The zero-order valence-electron chi connectivity index (χ0n) is 17.7. The van der Waals surface area contributed by atoms with Gasteiger partial charge in [-0.2, -0.15) is 5.10 Å². The molecule has 164 valence electrons. The summed E-state index contributed by atoms with van der Waals surface area (Å²) in [5, 5.41) is 16.0. The van der Waals surface area contributed by atoms with Crippen LogP contribution >= 0.6 is 11.6 Å². The van der Waals surface area contributed by atoms with Crippen molar-refractivity contribution in [2.75, 3.05) is 42.9 Å². The number of nitrogens with zero attached hydrogens (tertiary/aromatic N) is 7. The van der Waals surface area contributed by atoms with Crippen molar-refractivity contribution in [1.82, 2.24) is 35.4 Å². The summed E-state index contributed by atoms with van der Waals surface area (Å²) >= 11 is 6.30. The van der Waals surface area contributed by atoms with Crippen molar-refractivity contribution < 1.29 is 0 Å². The van der Waals surface area contributed by atoms with E-state index in [0.717, 1.165) is 54.7 Å². The second kappa shape index (κ2) is 9.78. The van der Waals surface area contributed by atoms with Crippen molar-refractivity contribution in [1.29, 1.82) is 0 Å². The van der Waals surface area contributed by atoms with E-state index in [0.29, 0.717) is 18.1 Å². The summed E-state index contributed by atoms with van der Waals surface area (Å²) in [6, 6.07) is 4.00. The quantitative estimate of drug-likeness (QED) is 0.288. The van der Waals surface area contributed by atoms with E-state index in [1.807, 2.05) is 19.2 Å². The van der Waals surface area contributed by atoms with Gasteiger partial charge in [-0.05, 0) is 25.5 Å². The molecule has 0 radical (unpaired) electrons. The Bertz CT molecular complexity index is 1050. The second-order valence-electron chi connectivity index (χ2n) is 7.30. The molecule has 0 spiro atoms. The first-order valence-electron chi connectivity index (χ1n) is 10.4. The lowest BCUT2D eigenvalue weighted by atomic mass is 10.3. The molecule has 1 atom stereocenters. The smallest absolute Gasteiger partial charge is 0.191 e. The zero-order chi connectivity index (χ0) is 21.6. The normalized spacial score (nSPS) is 16.7. The van der Waals surface area contributed by atoms with Gasteiger partial charge >= 0.3 is 0 Å². The van der Waals surface area contributed by atoms with E-state index < -0.39 is 0 Å². The molecule has 11 heteroatoms. The third-order valence-electron chi connectivity index (χ3n) is 5.12. The van der Waals surface area contributed by atoms with Crippen LogP contribution < -0.4 is 20.9 Å². The SMILES string of the molecule is CCNC(=NCCNc1ncnc2c1cnn2C)NC1CCN(c2ncccc2Cl)C1. The maximum absolute atomic E-state index is 6.30. The predicted octanol–water partition coefficient (Wildman–Crippen LogP) is 1.66. The van der Waals surface area contributed by atoms with Crippen LogP contribution in [0.3, 0.4) is 0 Å². The fourth-order valence-corrected chi connectivity index (χ4v) is 3.88. The number of pyridine rings is 1. The van der Waals surface area contributed by atoms with Crippen LogP contribution in [-0.2, 0) is 7.05 Å². The Morgan fingerprint density at radius 3 is 3.06 bits per heavy atom. The van der Waals surface area contributed by atoms with Gasteiger partial charge in [0.2, 0.25) is 0 Å². The molecule has 3 aromatic heterocycles. The maximum atomic E-state index is 6.30. The van der Waals surface area contributed by atoms with Crippen molar-refractivity contribution in [3.8, 4) is 0 Å². The molecule has 0 aliphatic carbocycles. The van der Waals surface area contributed by atoms with E-state index >= 15 is 0 Å². The largest absolute Gasteiger partial charge is 0.367 e. The average Bonchev–Trinajstić information content (AvgIpc) is 3.39. The molecule has 0 amide bonds. The first kappa shape index (κ1) is 21.1. The maximum Gasteiger partial charge on any atom is 0.191 e. The van der Waals surface area contributed by atoms with Crippen LogP contribution in [0, 0.1) is 0 Å². The van der Waals surface area contributed by atoms with Crippen molar-refractivity contribution in [3.63, 3.8) is 0 Å². The minimum absolute atomic E-state index is 0.278. The highest BCUT2D eigenvalue weighted by molar-refractivity contribution is 6.32. The number of hydrogen-bond donors (Lipinski definition) is 3. The number of aryl methyl sites for hydroxylation is 1. The monoisotopic (exact) mass is 442 g/mol. The molecular weight excluding hydrogens is 416 g/mol. The third kappa shape index (κ3) is 4.96. The molecule has 3 N–H and O–H groups in total. The summed E-state index contributed by atoms with van der Waals surface area (Å²) in [4.78, 5) is 19.9. The van der Waals surface area contributed by atoms with Crippen molar-refractivity contribution >= 4 is 40.2 Å². The van der Waals surface area contributed by atoms with Gasteiger partial charge in [0.25, 0.3) is 0 Å². The lowest BCUT2D eigenvalue weighted by Gasteiger charge is -2.20.